The summed E-state index contributed by atoms with van der Waals surface area (Å²) in [5.74, 6) is 1.96. The lowest BCUT2D eigenvalue weighted by atomic mass is 9.98. The van der Waals surface area contributed by atoms with Crippen molar-refractivity contribution >= 4 is 29.1 Å². The maximum Gasteiger partial charge on any atom is 0.257 e. The van der Waals surface area contributed by atoms with Crippen molar-refractivity contribution in [2.45, 2.75) is 26.7 Å². The molecule has 1 aliphatic heterocycles. The van der Waals surface area contributed by atoms with Gasteiger partial charge in [0, 0.05) is 28.7 Å². The predicted molar refractivity (Wildman–Crippen MR) is 93.2 cm³/mol. The molecule has 3 nitrogen and oxygen atoms in total. The van der Waals surface area contributed by atoms with Gasteiger partial charge in [0.15, 0.2) is 0 Å². The van der Waals surface area contributed by atoms with Gasteiger partial charge in [-0.1, -0.05) is 30.1 Å². The number of nitrogens with zero attached hydrogens (tertiary/aromatic N) is 1. The van der Waals surface area contributed by atoms with Crippen LogP contribution in [0.5, 0.6) is 0 Å². The van der Waals surface area contributed by atoms with E-state index in [-0.39, 0.29) is 5.91 Å². The SMILES string of the molecule is Cc1oc(-c2cc(Cl)cc(Cl)c2)cc1C(=O)N1CCC(C)CC1. The first kappa shape index (κ1) is 16.4. The Morgan fingerprint density at radius 3 is 2.35 bits per heavy atom. The van der Waals surface area contributed by atoms with Crippen LogP contribution in [-0.4, -0.2) is 23.9 Å². The summed E-state index contributed by atoms with van der Waals surface area (Å²) in [6.45, 7) is 5.66. The van der Waals surface area contributed by atoms with Crippen molar-refractivity contribution in [3.05, 3.63) is 45.6 Å². The third-order valence-corrected chi connectivity index (χ3v) is 4.80. The molecule has 0 radical (unpaired) electrons. The number of likely N-dealkylation sites (tertiary alicyclic amines) is 1. The van der Waals surface area contributed by atoms with Gasteiger partial charge in [-0.25, -0.2) is 0 Å². The van der Waals surface area contributed by atoms with Crippen LogP contribution in [-0.2, 0) is 0 Å². The summed E-state index contributed by atoms with van der Waals surface area (Å²) in [7, 11) is 0. The number of rotatable bonds is 2. The van der Waals surface area contributed by atoms with E-state index in [0.717, 1.165) is 31.5 Å². The molecule has 0 bridgehead atoms. The third kappa shape index (κ3) is 3.56. The average molecular weight is 352 g/mol. The zero-order chi connectivity index (χ0) is 16.6. The van der Waals surface area contributed by atoms with Crippen LogP contribution in [0.15, 0.2) is 28.7 Å². The maximum absolute atomic E-state index is 12.7. The van der Waals surface area contributed by atoms with Crippen molar-refractivity contribution < 1.29 is 9.21 Å². The molecule has 1 aromatic heterocycles. The van der Waals surface area contributed by atoms with E-state index in [9.17, 15) is 4.79 Å². The van der Waals surface area contributed by atoms with E-state index in [1.54, 1.807) is 24.3 Å². The second-order valence-corrected chi connectivity index (χ2v) is 7.09. The minimum Gasteiger partial charge on any atom is -0.461 e. The number of halogens is 2. The largest absolute Gasteiger partial charge is 0.461 e. The summed E-state index contributed by atoms with van der Waals surface area (Å²) < 4.78 is 5.78. The molecule has 122 valence electrons. The smallest absolute Gasteiger partial charge is 0.257 e. The quantitative estimate of drug-likeness (QED) is 0.722. The highest BCUT2D eigenvalue weighted by Crippen LogP contribution is 2.31. The van der Waals surface area contributed by atoms with Crippen LogP contribution >= 0.6 is 23.2 Å². The van der Waals surface area contributed by atoms with Gasteiger partial charge in [0.05, 0.1) is 5.56 Å². The molecule has 23 heavy (non-hydrogen) atoms. The summed E-state index contributed by atoms with van der Waals surface area (Å²) in [5.41, 5.74) is 1.39. The fourth-order valence-electron chi connectivity index (χ4n) is 2.91. The van der Waals surface area contributed by atoms with Crippen molar-refractivity contribution in [2.75, 3.05) is 13.1 Å². The number of amides is 1. The number of carbonyl (C=O) groups excluding carboxylic acids is 1. The number of benzene rings is 1. The van der Waals surface area contributed by atoms with Gasteiger partial charge in [-0.3, -0.25) is 4.79 Å². The number of hydrogen-bond donors (Lipinski definition) is 0. The Balaban J connectivity index is 1.87. The first-order valence-electron chi connectivity index (χ1n) is 7.80. The summed E-state index contributed by atoms with van der Waals surface area (Å²) in [5, 5.41) is 1.08. The summed E-state index contributed by atoms with van der Waals surface area (Å²) in [6.07, 6.45) is 2.11. The molecular formula is C18H19Cl2NO2. The first-order valence-corrected chi connectivity index (χ1v) is 8.56. The van der Waals surface area contributed by atoms with E-state index in [2.05, 4.69) is 6.92 Å². The van der Waals surface area contributed by atoms with Crippen molar-refractivity contribution in [3.8, 4) is 11.3 Å². The van der Waals surface area contributed by atoms with E-state index < -0.39 is 0 Å². The van der Waals surface area contributed by atoms with Crippen molar-refractivity contribution in [1.82, 2.24) is 4.90 Å². The second kappa shape index (κ2) is 6.58. The zero-order valence-electron chi connectivity index (χ0n) is 13.2. The fraction of sp³-hybridized carbons (Fsp3) is 0.389. The molecule has 0 aliphatic carbocycles. The van der Waals surface area contributed by atoms with Crippen molar-refractivity contribution in [2.24, 2.45) is 5.92 Å². The molecule has 0 atom stereocenters. The van der Waals surface area contributed by atoms with Crippen molar-refractivity contribution in [3.63, 3.8) is 0 Å². The van der Waals surface area contributed by atoms with E-state index in [4.69, 9.17) is 27.6 Å². The Morgan fingerprint density at radius 2 is 1.74 bits per heavy atom. The van der Waals surface area contributed by atoms with Gasteiger partial charge in [-0.05, 0) is 49.9 Å². The number of piperidine rings is 1. The summed E-state index contributed by atoms with van der Waals surface area (Å²) in [4.78, 5) is 14.6. The molecule has 5 heteroatoms. The minimum absolute atomic E-state index is 0.0394. The van der Waals surface area contributed by atoms with E-state index in [1.807, 2.05) is 11.8 Å². The third-order valence-electron chi connectivity index (χ3n) is 4.37. The molecule has 1 amide bonds. The number of hydrogen-bond acceptors (Lipinski definition) is 2. The van der Waals surface area contributed by atoms with E-state index in [0.29, 0.717) is 33.0 Å². The van der Waals surface area contributed by atoms with Gasteiger partial charge in [0.2, 0.25) is 0 Å². The highest BCUT2D eigenvalue weighted by Gasteiger charge is 2.25. The standard InChI is InChI=1S/C18H19Cl2NO2/c1-11-3-5-21(6-4-11)18(22)16-10-17(23-12(16)2)13-7-14(19)9-15(20)8-13/h7-11H,3-6H2,1-2H3. The van der Waals surface area contributed by atoms with Crippen LogP contribution in [0.25, 0.3) is 11.3 Å². The van der Waals surface area contributed by atoms with Crippen LogP contribution < -0.4 is 0 Å². The second-order valence-electron chi connectivity index (χ2n) is 6.21. The number of furan rings is 1. The van der Waals surface area contributed by atoms with E-state index >= 15 is 0 Å². The molecule has 1 saturated heterocycles. The summed E-state index contributed by atoms with van der Waals surface area (Å²) >= 11 is 12.1. The van der Waals surface area contributed by atoms with Gasteiger partial charge in [0.1, 0.15) is 11.5 Å². The lowest BCUT2D eigenvalue weighted by molar-refractivity contribution is 0.0695. The highest BCUT2D eigenvalue weighted by atomic mass is 35.5. The highest BCUT2D eigenvalue weighted by molar-refractivity contribution is 6.35. The van der Waals surface area contributed by atoms with Crippen LogP contribution in [0.4, 0.5) is 0 Å². The van der Waals surface area contributed by atoms with Crippen molar-refractivity contribution in [1.29, 1.82) is 0 Å². The molecule has 0 spiro atoms. The fourth-order valence-corrected chi connectivity index (χ4v) is 3.44. The lowest BCUT2D eigenvalue weighted by Crippen LogP contribution is -2.37. The predicted octanol–water partition coefficient (Wildman–Crippen LogP) is 5.43. The monoisotopic (exact) mass is 351 g/mol. The Hall–Kier alpha value is -1.45. The molecule has 0 saturated carbocycles. The Kier molecular flexibility index (Phi) is 4.69. The zero-order valence-corrected chi connectivity index (χ0v) is 14.7. The molecule has 2 heterocycles. The molecule has 1 aliphatic rings. The van der Waals surface area contributed by atoms with Gasteiger partial charge in [0.25, 0.3) is 5.91 Å². The molecule has 0 unspecified atom stereocenters. The molecule has 0 N–H and O–H groups in total. The van der Waals surface area contributed by atoms with Crippen LogP contribution in [0.3, 0.4) is 0 Å². The van der Waals surface area contributed by atoms with Crippen LogP contribution in [0.2, 0.25) is 10.0 Å². The maximum atomic E-state index is 12.7. The first-order chi connectivity index (χ1) is 10.9. The average Bonchev–Trinajstić information content (AvgIpc) is 2.88. The normalized spacial score (nSPS) is 15.9. The molecule has 1 fully saturated rings. The minimum atomic E-state index is 0.0394. The van der Waals surface area contributed by atoms with Crippen LogP contribution in [0, 0.1) is 12.8 Å². The van der Waals surface area contributed by atoms with Gasteiger partial charge < -0.3 is 9.32 Å². The molecule has 1 aromatic carbocycles. The van der Waals surface area contributed by atoms with Crippen LogP contribution in [0.1, 0.15) is 35.9 Å². The molecular weight excluding hydrogens is 333 g/mol. The molecule has 3 rings (SSSR count). The Bertz CT molecular complexity index is 710. The Morgan fingerprint density at radius 1 is 1.13 bits per heavy atom. The number of carbonyl (C=O) groups is 1. The lowest BCUT2D eigenvalue weighted by Gasteiger charge is -2.30. The van der Waals surface area contributed by atoms with E-state index in [1.165, 1.54) is 0 Å². The summed E-state index contributed by atoms with van der Waals surface area (Å²) in [6, 6.07) is 7.02. The molecule has 2 aromatic rings. The van der Waals surface area contributed by atoms with Gasteiger partial charge >= 0.3 is 0 Å². The van der Waals surface area contributed by atoms with Gasteiger partial charge in [-0.15, -0.1) is 0 Å². The number of aryl methyl sites for hydroxylation is 1. The van der Waals surface area contributed by atoms with Gasteiger partial charge in [-0.2, -0.15) is 0 Å². The topological polar surface area (TPSA) is 33.5 Å². The Labute approximate surface area is 146 Å².